The highest BCUT2D eigenvalue weighted by Gasteiger charge is 2.50. The van der Waals surface area contributed by atoms with Crippen molar-refractivity contribution in [1.29, 1.82) is 0 Å². The summed E-state index contributed by atoms with van der Waals surface area (Å²) in [6, 6.07) is 6.02. The smallest absolute Gasteiger partial charge is 0.338 e. The summed E-state index contributed by atoms with van der Waals surface area (Å²) in [6.07, 6.45) is 0. The highest BCUT2D eigenvalue weighted by Crippen LogP contribution is 2.36. The van der Waals surface area contributed by atoms with Crippen LogP contribution in [0.2, 0.25) is 0 Å². The summed E-state index contributed by atoms with van der Waals surface area (Å²) >= 11 is 1.25. The second-order valence-electron chi connectivity index (χ2n) is 5.89. The lowest BCUT2D eigenvalue weighted by atomic mass is 10.2. The molecule has 2 atom stereocenters. The van der Waals surface area contributed by atoms with E-state index in [4.69, 9.17) is 4.74 Å². The van der Waals surface area contributed by atoms with Crippen LogP contribution in [-0.4, -0.2) is 62.7 Å². The fourth-order valence-electron chi connectivity index (χ4n) is 2.65. The summed E-state index contributed by atoms with van der Waals surface area (Å²) in [5.74, 6) is -2.55. The third kappa shape index (κ3) is 4.59. The number of amides is 5. The minimum atomic E-state index is -1.07. The Labute approximate surface area is 173 Å². The highest BCUT2D eigenvalue weighted by atomic mass is 32.2. The fraction of sp³-hybridized carbons (Fsp3) is 0.294. The Hall–Kier alpha value is -2.86. The van der Waals surface area contributed by atoms with Gasteiger partial charge in [-0.2, -0.15) is 0 Å². The third-order valence-electron chi connectivity index (χ3n) is 3.91. The van der Waals surface area contributed by atoms with Crippen molar-refractivity contribution in [2.24, 2.45) is 0 Å². The molecule has 2 aliphatic rings. The summed E-state index contributed by atoms with van der Waals surface area (Å²) in [4.78, 5) is 72.5. The zero-order valence-corrected chi connectivity index (χ0v) is 16.6. The molecule has 2 aliphatic heterocycles. The van der Waals surface area contributed by atoms with Gasteiger partial charge in [-0.25, -0.2) is 4.79 Å². The molecule has 0 unspecified atom stereocenters. The third-order valence-corrected chi connectivity index (χ3v) is 6.29. The van der Waals surface area contributed by atoms with Gasteiger partial charge in [0.1, 0.15) is 17.0 Å². The lowest BCUT2D eigenvalue weighted by Crippen LogP contribution is -2.42. The maximum Gasteiger partial charge on any atom is 0.338 e. The Balaban J connectivity index is 1.63. The van der Waals surface area contributed by atoms with Crippen LogP contribution in [0.5, 0.6) is 0 Å². The van der Waals surface area contributed by atoms with Gasteiger partial charge in [0.15, 0.2) is 0 Å². The maximum absolute atomic E-state index is 12.5. The molecule has 5 amide bonds. The molecule has 0 aromatic heterocycles. The predicted molar refractivity (Wildman–Crippen MR) is 104 cm³/mol. The molecule has 0 aliphatic carbocycles. The van der Waals surface area contributed by atoms with Crippen LogP contribution in [0.4, 0.5) is 15.3 Å². The van der Waals surface area contributed by atoms with Crippen LogP contribution in [0.25, 0.3) is 0 Å². The largest absolute Gasteiger partial charge is 0.462 e. The maximum atomic E-state index is 12.5. The molecule has 2 N–H and O–H groups in total. The van der Waals surface area contributed by atoms with Crippen LogP contribution in [0.3, 0.4) is 0 Å². The molecule has 2 saturated heterocycles. The topological polar surface area (TPSA) is 139 Å². The zero-order valence-electron chi connectivity index (χ0n) is 15.0. The molecule has 1 aromatic rings. The van der Waals surface area contributed by atoms with Crippen molar-refractivity contribution in [3.8, 4) is 0 Å². The molecule has 10 nitrogen and oxygen atoms in total. The number of imide groups is 2. The van der Waals surface area contributed by atoms with Crippen molar-refractivity contribution in [2.45, 2.75) is 17.4 Å². The lowest BCUT2D eigenvalue weighted by molar-refractivity contribution is -0.131. The van der Waals surface area contributed by atoms with Crippen LogP contribution in [0, 0.1) is 0 Å². The Morgan fingerprint density at radius 2 is 1.93 bits per heavy atom. The van der Waals surface area contributed by atoms with Crippen molar-refractivity contribution in [1.82, 2.24) is 10.2 Å². The number of anilines is 1. The molecule has 1 aromatic carbocycles. The van der Waals surface area contributed by atoms with Crippen molar-refractivity contribution in [3.05, 3.63) is 29.8 Å². The number of nitrogens with zero attached hydrogens (tertiary/aromatic N) is 1. The SMILES string of the molecule is CCOC(=O)c1cccc(NC(=O)CN2C(=O)S[C@H]([C@@H]3SC(=O)NC3=O)C2=O)c1. The quantitative estimate of drug-likeness (QED) is 0.629. The summed E-state index contributed by atoms with van der Waals surface area (Å²) in [5.41, 5.74) is 0.530. The van der Waals surface area contributed by atoms with Crippen molar-refractivity contribution >= 4 is 63.4 Å². The molecule has 0 saturated carbocycles. The van der Waals surface area contributed by atoms with Crippen LogP contribution in [-0.2, 0) is 19.1 Å². The van der Waals surface area contributed by atoms with Gasteiger partial charge in [0.25, 0.3) is 10.5 Å². The molecule has 29 heavy (non-hydrogen) atoms. The normalized spacial score (nSPS) is 21.3. The van der Waals surface area contributed by atoms with E-state index in [9.17, 15) is 28.8 Å². The van der Waals surface area contributed by atoms with Crippen molar-refractivity contribution < 1.29 is 33.5 Å². The number of ether oxygens (including phenoxy) is 1. The Kier molecular flexibility index (Phi) is 6.23. The number of hydrogen-bond donors (Lipinski definition) is 2. The van der Waals surface area contributed by atoms with E-state index in [-0.39, 0.29) is 12.2 Å². The molecule has 0 radical (unpaired) electrons. The first kappa shape index (κ1) is 20.9. The van der Waals surface area contributed by atoms with Gasteiger partial charge in [-0.05, 0) is 48.6 Å². The summed E-state index contributed by atoms with van der Waals surface area (Å²) in [5, 5.41) is 1.22. The summed E-state index contributed by atoms with van der Waals surface area (Å²) in [6.45, 7) is 1.32. The molecular weight excluding hydrogens is 422 g/mol. The zero-order chi connectivity index (χ0) is 21.1. The van der Waals surface area contributed by atoms with Gasteiger partial charge < -0.3 is 10.1 Å². The van der Waals surface area contributed by atoms with E-state index in [0.29, 0.717) is 29.2 Å². The summed E-state index contributed by atoms with van der Waals surface area (Å²) < 4.78 is 4.89. The number of carbonyl (C=O) groups is 6. The molecular formula is C17H15N3O7S2. The van der Waals surface area contributed by atoms with E-state index < -0.39 is 51.2 Å². The Morgan fingerprint density at radius 3 is 2.59 bits per heavy atom. The average molecular weight is 437 g/mol. The molecule has 0 spiro atoms. The van der Waals surface area contributed by atoms with Gasteiger partial charge in [0, 0.05) is 5.69 Å². The minimum absolute atomic E-state index is 0.205. The second kappa shape index (κ2) is 8.66. The standard InChI is InChI=1S/C17H15N3O7S2/c1-2-27-15(24)8-4-3-5-9(6-8)18-10(21)7-20-14(23)12(29-17(20)26)11-13(22)19-16(25)28-11/h3-6,11-12H,2,7H2,1H3,(H,18,21)(H,19,22,25)/t11-,12+/m0/s1. The van der Waals surface area contributed by atoms with E-state index >= 15 is 0 Å². The van der Waals surface area contributed by atoms with Crippen molar-refractivity contribution in [3.63, 3.8) is 0 Å². The van der Waals surface area contributed by atoms with Gasteiger partial charge in [-0.1, -0.05) is 6.07 Å². The highest BCUT2D eigenvalue weighted by molar-refractivity contribution is 8.19. The van der Waals surface area contributed by atoms with E-state index in [1.807, 2.05) is 0 Å². The number of carbonyl (C=O) groups excluding carboxylic acids is 6. The monoisotopic (exact) mass is 437 g/mol. The van der Waals surface area contributed by atoms with Crippen LogP contribution in [0.1, 0.15) is 17.3 Å². The van der Waals surface area contributed by atoms with Gasteiger partial charge >= 0.3 is 5.97 Å². The molecule has 152 valence electrons. The number of benzene rings is 1. The van der Waals surface area contributed by atoms with Crippen LogP contribution in [0.15, 0.2) is 24.3 Å². The van der Waals surface area contributed by atoms with E-state index in [2.05, 4.69) is 10.6 Å². The average Bonchev–Trinajstić information content (AvgIpc) is 3.14. The van der Waals surface area contributed by atoms with Gasteiger partial charge in [-0.15, -0.1) is 0 Å². The predicted octanol–water partition coefficient (Wildman–Crippen LogP) is 1.22. The number of thioether (sulfide) groups is 2. The molecule has 2 fully saturated rings. The van der Waals surface area contributed by atoms with Gasteiger partial charge in [0.05, 0.1) is 12.2 Å². The van der Waals surface area contributed by atoms with Crippen LogP contribution >= 0.6 is 23.5 Å². The molecule has 3 rings (SSSR count). The molecule has 2 heterocycles. The lowest BCUT2D eigenvalue weighted by Gasteiger charge is -2.15. The van der Waals surface area contributed by atoms with Gasteiger partial charge in [-0.3, -0.25) is 34.2 Å². The Bertz CT molecular complexity index is 920. The fourth-order valence-corrected chi connectivity index (χ4v) is 4.76. The number of nitrogens with one attached hydrogen (secondary N) is 2. The molecule has 12 heteroatoms. The summed E-state index contributed by atoms with van der Waals surface area (Å²) in [7, 11) is 0. The first-order valence-electron chi connectivity index (χ1n) is 8.40. The van der Waals surface area contributed by atoms with E-state index in [0.717, 1.165) is 4.90 Å². The Morgan fingerprint density at radius 1 is 1.17 bits per heavy atom. The van der Waals surface area contributed by atoms with E-state index in [1.165, 1.54) is 18.2 Å². The number of esters is 1. The minimum Gasteiger partial charge on any atom is -0.462 e. The van der Waals surface area contributed by atoms with E-state index in [1.54, 1.807) is 13.0 Å². The first-order chi connectivity index (χ1) is 13.8. The molecule has 0 bridgehead atoms. The number of rotatable bonds is 6. The number of hydrogen-bond acceptors (Lipinski definition) is 9. The second-order valence-corrected chi connectivity index (χ2v) is 8.10. The first-order valence-corrected chi connectivity index (χ1v) is 10.2. The van der Waals surface area contributed by atoms with Crippen LogP contribution < -0.4 is 10.6 Å². The van der Waals surface area contributed by atoms with Gasteiger partial charge in [0.2, 0.25) is 17.7 Å². The van der Waals surface area contributed by atoms with Crippen molar-refractivity contribution in [2.75, 3.05) is 18.5 Å².